The lowest BCUT2D eigenvalue weighted by atomic mass is 10.1. The molecule has 0 fully saturated rings. The molecule has 0 saturated heterocycles. The van der Waals surface area contributed by atoms with Gasteiger partial charge in [0, 0.05) is 4.48 Å². The molecule has 0 heterocycles. The Hall–Kier alpha value is -0.860. The number of hydrogen-bond acceptors (Lipinski definition) is 1. The lowest BCUT2D eigenvalue weighted by Crippen LogP contribution is -2.02. The van der Waals surface area contributed by atoms with Crippen LogP contribution in [0.5, 0.6) is 0 Å². The summed E-state index contributed by atoms with van der Waals surface area (Å²) in [6, 6.07) is 8.15. The fraction of sp³-hybridized carbons (Fsp3) is 0.286. The van der Waals surface area contributed by atoms with Crippen molar-refractivity contribution in [2.75, 3.05) is 0 Å². The van der Waals surface area contributed by atoms with Crippen LogP contribution in [0.3, 0.4) is 0 Å². The summed E-state index contributed by atoms with van der Waals surface area (Å²) in [7, 11) is 0. The number of halogens is 1. The summed E-state index contributed by atoms with van der Waals surface area (Å²) in [6.45, 7) is 7.75. The summed E-state index contributed by atoms with van der Waals surface area (Å²) in [5.74, 6) is 0. The number of aliphatic hydroxyl groups excluding tert-OH is 1. The molecule has 1 N–H and O–H groups in total. The molecule has 0 aromatic heterocycles. The first kappa shape index (κ1) is 13.2. The second kappa shape index (κ2) is 6.02. The Bertz CT molecular complexity index is 407. The predicted octanol–water partition coefficient (Wildman–Crippen LogP) is 4.06. The Morgan fingerprint density at radius 1 is 1.56 bits per heavy atom. The van der Waals surface area contributed by atoms with E-state index in [2.05, 4.69) is 28.6 Å². The van der Waals surface area contributed by atoms with Crippen molar-refractivity contribution in [1.29, 1.82) is 0 Å². The van der Waals surface area contributed by atoms with E-state index in [4.69, 9.17) is 0 Å². The fourth-order valence-electron chi connectivity index (χ4n) is 1.47. The molecule has 1 nitrogen and oxygen atoms in total. The van der Waals surface area contributed by atoms with E-state index in [1.807, 2.05) is 38.1 Å². The van der Waals surface area contributed by atoms with Gasteiger partial charge in [0.25, 0.3) is 0 Å². The van der Waals surface area contributed by atoms with Crippen LogP contribution in [0.2, 0.25) is 0 Å². The topological polar surface area (TPSA) is 20.2 Å². The molecule has 0 aliphatic heterocycles. The Balaban J connectivity index is 2.80. The summed E-state index contributed by atoms with van der Waals surface area (Å²) in [5.41, 5.74) is 3.27. The van der Waals surface area contributed by atoms with E-state index in [9.17, 15) is 5.11 Å². The molecule has 16 heavy (non-hydrogen) atoms. The van der Waals surface area contributed by atoms with Gasteiger partial charge in [-0.3, -0.25) is 0 Å². The van der Waals surface area contributed by atoms with E-state index in [1.54, 1.807) is 0 Å². The second-order valence-electron chi connectivity index (χ2n) is 4.11. The predicted molar refractivity (Wildman–Crippen MR) is 73.5 cm³/mol. The van der Waals surface area contributed by atoms with Crippen LogP contribution in [0, 0.1) is 6.92 Å². The van der Waals surface area contributed by atoms with Gasteiger partial charge in [-0.25, -0.2) is 0 Å². The Morgan fingerprint density at radius 2 is 2.25 bits per heavy atom. The van der Waals surface area contributed by atoms with Gasteiger partial charge >= 0.3 is 0 Å². The number of benzene rings is 1. The van der Waals surface area contributed by atoms with E-state index < -0.39 is 6.10 Å². The first-order valence-electron chi connectivity index (χ1n) is 5.26. The maximum absolute atomic E-state index is 9.75. The number of hydrogen-bond donors (Lipinski definition) is 1. The zero-order valence-corrected chi connectivity index (χ0v) is 11.3. The van der Waals surface area contributed by atoms with Crippen LogP contribution in [-0.2, 0) is 0 Å². The molecule has 0 aliphatic carbocycles. The molecule has 0 spiro atoms. The van der Waals surface area contributed by atoms with Crippen LogP contribution in [0.15, 0.2) is 42.5 Å². The lowest BCUT2D eigenvalue weighted by Gasteiger charge is -2.07. The van der Waals surface area contributed by atoms with Gasteiger partial charge in [-0.1, -0.05) is 51.3 Å². The van der Waals surface area contributed by atoms with E-state index in [0.29, 0.717) is 6.42 Å². The third-order valence-electron chi connectivity index (χ3n) is 2.19. The SMILES string of the molecule is C=C(C)CC(O)/C=C(\Br)c1cccc(C)c1. The molecule has 86 valence electrons. The zero-order chi connectivity index (χ0) is 12.1. The minimum absolute atomic E-state index is 0.479. The van der Waals surface area contributed by atoms with Crippen LogP contribution < -0.4 is 0 Å². The fourth-order valence-corrected chi connectivity index (χ4v) is 2.03. The van der Waals surface area contributed by atoms with Gasteiger partial charge < -0.3 is 5.11 Å². The third-order valence-corrected chi connectivity index (χ3v) is 2.91. The summed E-state index contributed by atoms with van der Waals surface area (Å²) >= 11 is 3.48. The molecule has 1 aromatic carbocycles. The van der Waals surface area contributed by atoms with Crippen LogP contribution in [0.4, 0.5) is 0 Å². The third kappa shape index (κ3) is 4.33. The molecule has 1 unspecified atom stereocenters. The Labute approximate surface area is 106 Å². The van der Waals surface area contributed by atoms with Crippen molar-refractivity contribution in [2.24, 2.45) is 0 Å². The quantitative estimate of drug-likeness (QED) is 0.825. The molecule has 0 radical (unpaired) electrons. The highest BCUT2D eigenvalue weighted by atomic mass is 79.9. The van der Waals surface area contributed by atoms with Crippen molar-refractivity contribution < 1.29 is 5.11 Å². The summed E-state index contributed by atoms with van der Waals surface area (Å²) in [6.07, 6.45) is 1.93. The molecule has 0 bridgehead atoms. The normalized spacial score (nSPS) is 13.6. The van der Waals surface area contributed by atoms with Crippen molar-refractivity contribution in [3.8, 4) is 0 Å². The van der Waals surface area contributed by atoms with Gasteiger partial charge in [-0.15, -0.1) is 6.58 Å². The van der Waals surface area contributed by atoms with Gasteiger partial charge in [0.1, 0.15) is 0 Å². The zero-order valence-electron chi connectivity index (χ0n) is 9.70. The molecular weight excluding hydrogens is 264 g/mol. The van der Waals surface area contributed by atoms with Gasteiger partial charge in [-0.2, -0.15) is 0 Å². The molecule has 1 atom stereocenters. The van der Waals surface area contributed by atoms with E-state index in [-0.39, 0.29) is 0 Å². The van der Waals surface area contributed by atoms with E-state index >= 15 is 0 Å². The van der Waals surface area contributed by atoms with Crippen LogP contribution in [0.1, 0.15) is 24.5 Å². The number of rotatable bonds is 4. The summed E-state index contributed by atoms with van der Waals surface area (Å²) in [4.78, 5) is 0. The van der Waals surface area contributed by atoms with Gasteiger partial charge in [-0.05, 0) is 31.9 Å². The molecule has 2 heteroatoms. The second-order valence-corrected chi connectivity index (χ2v) is 4.97. The van der Waals surface area contributed by atoms with Gasteiger partial charge in [0.05, 0.1) is 6.10 Å². The summed E-state index contributed by atoms with van der Waals surface area (Å²) in [5, 5.41) is 9.75. The highest BCUT2D eigenvalue weighted by Gasteiger charge is 2.04. The molecule has 0 saturated carbocycles. The number of aryl methyl sites for hydroxylation is 1. The molecule has 1 rings (SSSR count). The monoisotopic (exact) mass is 280 g/mol. The minimum Gasteiger partial charge on any atom is -0.389 e. The van der Waals surface area contributed by atoms with Crippen molar-refractivity contribution in [2.45, 2.75) is 26.4 Å². The average molecular weight is 281 g/mol. The van der Waals surface area contributed by atoms with Crippen LogP contribution >= 0.6 is 15.9 Å². The molecule has 1 aromatic rings. The van der Waals surface area contributed by atoms with Gasteiger partial charge in [0.2, 0.25) is 0 Å². The minimum atomic E-state index is -0.479. The highest BCUT2D eigenvalue weighted by Crippen LogP contribution is 2.23. The Kier molecular flexibility index (Phi) is 4.97. The van der Waals surface area contributed by atoms with Crippen molar-refractivity contribution in [3.63, 3.8) is 0 Å². The lowest BCUT2D eigenvalue weighted by molar-refractivity contribution is 0.224. The maximum Gasteiger partial charge on any atom is 0.0771 e. The molecular formula is C14H17BrO. The van der Waals surface area contributed by atoms with Crippen molar-refractivity contribution in [3.05, 3.63) is 53.6 Å². The number of aliphatic hydroxyl groups is 1. The molecule has 0 aliphatic rings. The van der Waals surface area contributed by atoms with Crippen LogP contribution in [0.25, 0.3) is 4.48 Å². The largest absolute Gasteiger partial charge is 0.389 e. The van der Waals surface area contributed by atoms with Crippen LogP contribution in [-0.4, -0.2) is 11.2 Å². The highest BCUT2D eigenvalue weighted by molar-refractivity contribution is 9.15. The molecule has 0 amide bonds. The van der Waals surface area contributed by atoms with Crippen molar-refractivity contribution in [1.82, 2.24) is 0 Å². The standard InChI is InChI=1S/C14H17BrO/c1-10(2)7-13(16)9-14(15)12-6-4-5-11(3)8-12/h4-6,8-9,13,16H,1,7H2,2-3H3/b14-9-. The summed E-state index contributed by atoms with van der Waals surface area (Å²) < 4.78 is 0.921. The maximum atomic E-state index is 9.75. The average Bonchev–Trinajstić information content (AvgIpc) is 2.16. The van der Waals surface area contributed by atoms with E-state index in [1.165, 1.54) is 5.56 Å². The Morgan fingerprint density at radius 3 is 2.81 bits per heavy atom. The first-order valence-corrected chi connectivity index (χ1v) is 6.05. The van der Waals surface area contributed by atoms with Gasteiger partial charge in [0.15, 0.2) is 0 Å². The van der Waals surface area contributed by atoms with Crippen molar-refractivity contribution >= 4 is 20.4 Å². The smallest absolute Gasteiger partial charge is 0.0771 e. The first-order chi connectivity index (χ1) is 7.49. The van der Waals surface area contributed by atoms with E-state index in [0.717, 1.165) is 15.6 Å².